The average Bonchev–Trinajstić information content (AvgIpc) is 2.45. The number of carbonyl (C=O) groups excluding carboxylic acids is 1. The minimum Gasteiger partial charge on any atom is -0.490 e. The van der Waals surface area contributed by atoms with Crippen molar-refractivity contribution >= 4 is 11.9 Å². The minimum absolute atomic E-state index is 0.0364. The first-order chi connectivity index (χ1) is 10.4. The maximum absolute atomic E-state index is 13.3. The van der Waals surface area contributed by atoms with Gasteiger partial charge in [0.15, 0.2) is 11.6 Å². The molecule has 0 heterocycles. The second kappa shape index (κ2) is 9.02. The number of halogens is 1. The van der Waals surface area contributed by atoms with Crippen LogP contribution in [0, 0.1) is 17.7 Å². The van der Waals surface area contributed by atoms with Gasteiger partial charge in [-0.3, -0.25) is 9.59 Å². The van der Waals surface area contributed by atoms with Crippen molar-refractivity contribution in [2.45, 2.75) is 26.7 Å². The number of nitrogens with one attached hydrogen (secondary N) is 1. The molecule has 122 valence electrons. The van der Waals surface area contributed by atoms with Crippen molar-refractivity contribution in [3.05, 3.63) is 30.1 Å². The third-order valence-corrected chi connectivity index (χ3v) is 3.07. The van der Waals surface area contributed by atoms with E-state index in [0.29, 0.717) is 6.42 Å². The number of para-hydroxylation sites is 1. The number of hydrogen-bond donors (Lipinski definition) is 2. The molecule has 0 aliphatic heterocycles. The molecule has 1 aromatic carbocycles. The van der Waals surface area contributed by atoms with Crippen LogP contribution in [0.25, 0.3) is 0 Å². The highest BCUT2D eigenvalue weighted by atomic mass is 19.1. The van der Waals surface area contributed by atoms with E-state index in [4.69, 9.17) is 9.84 Å². The Bertz CT molecular complexity index is 505. The molecule has 1 aromatic rings. The molecule has 2 N–H and O–H groups in total. The van der Waals surface area contributed by atoms with E-state index < -0.39 is 17.7 Å². The van der Waals surface area contributed by atoms with Crippen molar-refractivity contribution in [3.8, 4) is 5.75 Å². The van der Waals surface area contributed by atoms with Crippen LogP contribution >= 0.6 is 0 Å². The van der Waals surface area contributed by atoms with Gasteiger partial charge in [-0.25, -0.2) is 4.39 Å². The summed E-state index contributed by atoms with van der Waals surface area (Å²) >= 11 is 0. The fourth-order valence-corrected chi connectivity index (χ4v) is 1.98. The molecule has 6 heteroatoms. The van der Waals surface area contributed by atoms with E-state index in [2.05, 4.69) is 5.32 Å². The van der Waals surface area contributed by atoms with E-state index in [9.17, 15) is 14.0 Å². The second-order valence-corrected chi connectivity index (χ2v) is 5.50. The molecule has 0 fully saturated rings. The van der Waals surface area contributed by atoms with Crippen molar-refractivity contribution in [3.63, 3.8) is 0 Å². The van der Waals surface area contributed by atoms with Gasteiger partial charge in [0.25, 0.3) is 0 Å². The third kappa shape index (κ3) is 6.56. The zero-order valence-electron chi connectivity index (χ0n) is 12.8. The van der Waals surface area contributed by atoms with Crippen molar-refractivity contribution in [1.29, 1.82) is 0 Å². The molecule has 0 spiro atoms. The number of carbonyl (C=O) groups is 2. The molecule has 0 aromatic heterocycles. The number of rotatable bonds is 9. The molecular weight excluding hydrogens is 289 g/mol. The summed E-state index contributed by atoms with van der Waals surface area (Å²) in [6.45, 7) is 3.99. The summed E-state index contributed by atoms with van der Waals surface area (Å²) < 4.78 is 18.5. The minimum atomic E-state index is -0.920. The number of benzene rings is 1. The van der Waals surface area contributed by atoms with E-state index in [1.807, 2.05) is 13.8 Å². The maximum Gasteiger partial charge on any atom is 0.308 e. The van der Waals surface area contributed by atoms with E-state index in [-0.39, 0.29) is 37.1 Å². The Morgan fingerprint density at radius 3 is 2.59 bits per heavy atom. The molecule has 1 rings (SSSR count). The summed E-state index contributed by atoms with van der Waals surface area (Å²) in [4.78, 5) is 22.7. The highest BCUT2D eigenvalue weighted by molar-refractivity contribution is 5.77. The lowest BCUT2D eigenvalue weighted by Gasteiger charge is -2.15. The van der Waals surface area contributed by atoms with Crippen LogP contribution in [0.2, 0.25) is 0 Å². The van der Waals surface area contributed by atoms with E-state index >= 15 is 0 Å². The summed E-state index contributed by atoms with van der Waals surface area (Å²) in [5.74, 6) is -1.98. The fraction of sp³-hybridized carbons (Fsp3) is 0.500. The number of amides is 1. The molecule has 0 aliphatic rings. The van der Waals surface area contributed by atoms with Crippen LogP contribution < -0.4 is 10.1 Å². The van der Waals surface area contributed by atoms with Crippen LogP contribution in [0.5, 0.6) is 5.75 Å². The van der Waals surface area contributed by atoms with Crippen LogP contribution in [0.15, 0.2) is 24.3 Å². The number of aliphatic carboxylic acids is 1. The van der Waals surface area contributed by atoms with E-state index in [1.54, 1.807) is 12.1 Å². The summed E-state index contributed by atoms with van der Waals surface area (Å²) in [6.07, 6.45) is 0.545. The number of carboxylic acid groups (broad SMARTS) is 1. The topological polar surface area (TPSA) is 75.6 Å². The van der Waals surface area contributed by atoms with Gasteiger partial charge in [0.05, 0.1) is 18.9 Å². The first-order valence-corrected chi connectivity index (χ1v) is 7.27. The van der Waals surface area contributed by atoms with Gasteiger partial charge in [-0.05, 0) is 24.5 Å². The monoisotopic (exact) mass is 311 g/mol. The lowest BCUT2D eigenvalue weighted by atomic mass is 9.97. The predicted molar refractivity (Wildman–Crippen MR) is 80.1 cm³/mol. The molecule has 1 unspecified atom stereocenters. The number of ether oxygens (including phenoxy) is 1. The first-order valence-electron chi connectivity index (χ1n) is 7.27. The first kappa shape index (κ1) is 17.9. The quantitative estimate of drug-likeness (QED) is 0.734. The van der Waals surface area contributed by atoms with Gasteiger partial charge in [-0.2, -0.15) is 0 Å². The highest BCUT2D eigenvalue weighted by Crippen LogP contribution is 2.15. The average molecular weight is 311 g/mol. The molecule has 0 saturated heterocycles. The zero-order valence-corrected chi connectivity index (χ0v) is 12.8. The second-order valence-electron chi connectivity index (χ2n) is 5.50. The van der Waals surface area contributed by atoms with E-state index in [1.165, 1.54) is 12.1 Å². The highest BCUT2D eigenvalue weighted by Gasteiger charge is 2.19. The molecule has 1 atom stereocenters. The molecule has 22 heavy (non-hydrogen) atoms. The summed E-state index contributed by atoms with van der Waals surface area (Å²) in [7, 11) is 0. The molecule has 0 aliphatic carbocycles. The normalized spacial score (nSPS) is 12.0. The van der Waals surface area contributed by atoms with Crippen LogP contribution in [0.4, 0.5) is 4.39 Å². The fourth-order valence-electron chi connectivity index (χ4n) is 1.98. The van der Waals surface area contributed by atoms with Crippen LogP contribution in [0.1, 0.15) is 26.7 Å². The number of carboxylic acids is 1. The lowest BCUT2D eigenvalue weighted by Crippen LogP contribution is -2.34. The Hall–Kier alpha value is -2.11. The molecule has 0 bridgehead atoms. The van der Waals surface area contributed by atoms with Crippen molar-refractivity contribution in [2.75, 3.05) is 13.2 Å². The molecule has 0 radical (unpaired) electrons. The van der Waals surface area contributed by atoms with Gasteiger partial charge in [0, 0.05) is 6.54 Å². The third-order valence-electron chi connectivity index (χ3n) is 3.07. The van der Waals surface area contributed by atoms with Crippen LogP contribution in [-0.2, 0) is 9.59 Å². The SMILES string of the molecule is CC(C)CC(CNC(=O)CCOc1ccccc1F)C(=O)O. The Morgan fingerprint density at radius 1 is 1.32 bits per heavy atom. The molecular formula is C16H22FNO4. The Balaban J connectivity index is 2.31. The van der Waals surface area contributed by atoms with Crippen molar-refractivity contribution in [2.24, 2.45) is 11.8 Å². The van der Waals surface area contributed by atoms with Crippen molar-refractivity contribution < 1.29 is 23.8 Å². The van der Waals surface area contributed by atoms with Gasteiger partial charge in [-0.15, -0.1) is 0 Å². The van der Waals surface area contributed by atoms with Gasteiger partial charge >= 0.3 is 5.97 Å². The van der Waals surface area contributed by atoms with E-state index in [0.717, 1.165) is 0 Å². The van der Waals surface area contributed by atoms with Crippen LogP contribution in [0.3, 0.4) is 0 Å². The molecule has 0 saturated carbocycles. The Labute approximate surface area is 129 Å². The smallest absolute Gasteiger partial charge is 0.308 e. The Kier molecular flexibility index (Phi) is 7.36. The van der Waals surface area contributed by atoms with Gasteiger partial charge in [-0.1, -0.05) is 26.0 Å². The lowest BCUT2D eigenvalue weighted by molar-refractivity contribution is -0.142. The zero-order chi connectivity index (χ0) is 16.5. The molecule has 1 amide bonds. The standard InChI is InChI=1S/C16H22FNO4/c1-11(2)9-12(16(20)21)10-18-15(19)7-8-22-14-6-4-3-5-13(14)17/h3-6,11-12H,7-10H2,1-2H3,(H,18,19)(H,20,21). The summed E-state index contributed by atoms with van der Waals surface area (Å²) in [5.41, 5.74) is 0. The van der Waals surface area contributed by atoms with Crippen LogP contribution in [-0.4, -0.2) is 30.1 Å². The van der Waals surface area contributed by atoms with Gasteiger partial charge < -0.3 is 15.2 Å². The summed E-state index contributed by atoms with van der Waals surface area (Å²) in [6, 6.07) is 5.95. The summed E-state index contributed by atoms with van der Waals surface area (Å²) in [5, 5.41) is 11.6. The van der Waals surface area contributed by atoms with Gasteiger partial charge in [0.2, 0.25) is 5.91 Å². The van der Waals surface area contributed by atoms with Crippen molar-refractivity contribution in [1.82, 2.24) is 5.32 Å². The number of hydrogen-bond acceptors (Lipinski definition) is 3. The predicted octanol–water partition coefficient (Wildman–Crippen LogP) is 2.46. The Morgan fingerprint density at radius 2 is 2.00 bits per heavy atom. The largest absolute Gasteiger partial charge is 0.490 e. The molecule has 5 nitrogen and oxygen atoms in total. The maximum atomic E-state index is 13.3. The van der Waals surface area contributed by atoms with Gasteiger partial charge in [0.1, 0.15) is 0 Å².